The molecule has 1 aliphatic carbocycles. The summed E-state index contributed by atoms with van der Waals surface area (Å²) in [4.78, 5) is 14.5. The van der Waals surface area contributed by atoms with Crippen LogP contribution < -0.4 is 0 Å². The number of nitrogens with zero attached hydrogens (tertiary/aromatic N) is 1. The Morgan fingerprint density at radius 1 is 1.40 bits per heavy atom. The quantitative estimate of drug-likeness (QED) is 0.918. The Hall–Kier alpha value is -1.35. The zero-order chi connectivity index (χ0) is 14.3. The number of benzene rings is 1. The highest BCUT2D eigenvalue weighted by Gasteiger charge is 2.47. The Morgan fingerprint density at radius 2 is 2.15 bits per heavy atom. The van der Waals surface area contributed by atoms with E-state index in [4.69, 9.17) is 0 Å². The van der Waals surface area contributed by atoms with Crippen molar-refractivity contribution in [2.24, 2.45) is 11.8 Å². The first kappa shape index (κ1) is 13.6. The smallest absolute Gasteiger partial charge is 0.226 e. The van der Waals surface area contributed by atoms with Crippen molar-refractivity contribution in [2.45, 2.75) is 38.7 Å². The van der Waals surface area contributed by atoms with Crippen molar-refractivity contribution in [3.8, 4) is 0 Å². The Balaban J connectivity index is 1.63. The Morgan fingerprint density at radius 3 is 2.80 bits per heavy atom. The fraction of sp³-hybridized carbons (Fsp3) is 0.588. The fourth-order valence-corrected chi connectivity index (χ4v) is 3.43. The minimum absolute atomic E-state index is 0.170. The van der Waals surface area contributed by atoms with Crippen LogP contribution in [0.15, 0.2) is 24.3 Å². The van der Waals surface area contributed by atoms with E-state index in [-0.39, 0.29) is 17.9 Å². The van der Waals surface area contributed by atoms with Crippen LogP contribution in [0, 0.1) is 18.8 Å². The van der Waals surface area contributed by atoms with Crippen molar-refractivity contribution in [2.75, 3.05) is 13.1 Å². The SMILES string of the molecule is Cc1ccccc1C1CC1C(=O)N1CCC(C(C)O)C1. The van der Waals surface area contributed by atoms with E-state index in [0.717, 1.165) is 25.9 Å². The highest BCUT2D eigenvalue weighted by atomic mass is 16.3. The Labute approximate surface area is 120 Å². The van der Waals surface area contributed by atoms with Gasteiger partial charge in [-0.25, -0.2) is 0 Å². The molecule has 1 aromatic carbocycles. The number of hydrogen-bond acceptors (Lipinski definition) is 2. The number of aliphatic hydroxyl groups is 1. The molecule has 0 bridgehead atoms. The molecule has 108 valence electrons. The van der Waals surface area contributed by atoms with E-state index in [1.54, 1.807) is 0 Å². The van der Waals surface area contributed by atoms with Crippen LogP contribution in [-0.2, 0) is 4.79 Å². The second-order valence-electron chi connectivity index (χ2n) is 6.38. The summed E-state index contributed by atoms with van der Waals surface area (Å²) in [5.74, 6) is 1.13. The maximum Gasteiger partial charge on any atom is 0.226 e. The number of carbonyl (C=O) groups excluding carboxylic acids is 1. The van der Waals surface area contributed by atoms with Crippen LogP contribution in [0.4, 0.5) is 0 Å². The van der Waals surface area contributed by atoms with Crippen molar-refractivity contribution >= 4 is 5.91 Å². The third-order valence-corrected chi connectivity index (χ3v) is 4.91. The van der Waals surface area contributed by atoms with E-state index in [2.05, 4.69) is 25.1 Å². The van der Waals surface area contributed by atoms with Gasteiger partial charge in [0.15, 0.2) is 0 Å². The molecule has 4 unspecified atom stereocenters. The normalized spacial score (nSPS) is 30.4. The summed E-state index contributed by atoms with van der Waals surface area (Å²) < 4.78 is 0. The topological polar surface area (TPSA) is 40.5 Å². The molecular weight excluding hydrogens is 250 g/mol. The van der Waals surface area contributed by atoms with Gasteiger partial charge < -0.3 is 10.0 Å². The second kappa shape index (κ2) is 5.21. The van der Waals surface area contributed by atoms with Crippen molar-refractivity contribution in [1.29, 1.82) is 0 Å². The lowest BCUT2D eigenvalue weighted by Crippen LogP contribution is -2.31. The molecule has 1 amide bonds. The molecule has 3 heteroatoms. The average Bonchev–Trinajstić information content (AvgIpc) is 3.05. The minimum Gasteiger partial charge on any atom is -0.393 e. The number of amides is 1. The monoisotopic (exact) mass is 273 g/mol. The molecule has 4 atom stereocenters. The van der Waals surface area contributed by atoms with Gasteiger partial charge >= 0.3 is 0 Å². The predicted octanol–water partition coefficient (Wildman–Crippen LogP) is 2.33. The van der Waals surface area contributed by atoms with Gasteiger partial charge in [-0.1, -0.05) is 24.3 Å². The van der Waals surface area contributed by atoms with Crippen LogP contribution in [0.3, 0.4) is 0 Å². The number of rotatable bonds is 3. The molecule has 3 nitrogen and oxygen atoms in total. The first-order valence-electron chi connectivity index (χ1n) is 7.60. The molecule has 2 aliphatic rings. The van der Waals surface area contributed by atoms with Crippen molar-refractivity contribution in [1.82, 2.24) is 4.90 Å². The lowest BCUT2D eigenvalue weighted by atomic mass is 10.0. The highest BCUT2D eigenvalue weighted by molar-refractivity contribution is 5.83. The largest absolute Gasteiger partial charge is 0.393 e. The highest BCUT2D eigenvalue weighted by Crippen LogP contribution is 2.49. The van der Waals surface area contributed by atoms with E-state index in [9.17, 15) is 9.90 Å². The number of likely N-dealkylation sites (tertiary alicyclic amines) is 1. The Bertz CT molecular complexity index is 511. The maximum absolute atomic E-state index is 12.5. The molecule has 0 spiro atoms. The number of aliphatic hydroxyl groups excluding tert-OH is 1. The van der Waals surface area contributed by atoms with Crippen LogP contribution in [0.2, 0.25) is 0 Å². The molecule has 1 N–H and O–H groups in total. The second-order valence-corrected chi connectivity index (χ2v) is 6.38. The van der Waals surface area contributed by atoms with Crippen LogP contribution in [0.5, 0.6) is 0 Å². The molecule has 0 aromatic heterocycles. The lowest BCUT2D eigenvalue weighted by Gasteiger charge is -2.18. The van der Waals surface area contributed by atoms with Gasteiger partial charge in [-0.15, -0.1) is 0 Å². The summed E-state index contributed by atoms with van der Waals surface area (Å²) in [6, 6.07) is 8.37. The Kier molecular flexibility index (Phi) is 3.55. The van der Waals surface area contributed by atoms with Crippen molar-refractivity contribution in [3.05, 3.63) is 35.4 Å². The van der Waals surface area contributed by atoms with Crippen LogP contribution in [0.1, 0.15) is 36.8 Å². The molecular formula is C17H23NO2. The zero-order valence-electron chi connectivity index (χ0n) is 12.2. The van der Waals surface area contributed by atoms with E-state index >= 15 is 0 Å². The third-order valence-electron chi connectivity index (χ3n) is 4.91. The molecule has 1 aromatic rings. The first-order valence-corrected chi connectivity index (χ1v) is 7.60. The number of hydrogen-bond donors (Lipinski definition) is 1. The third kappa shape index (κ3) is 2.47. The molecule has 1 aliphatic heterocycles. The van der Waals surface area contributed by atoms with Crippen LogP contribution in [0.25, 0.3) is 0 Å². The summed E-state index contributed by atoms with van der Waals surface area (Å²) in [7, 11) is 0. The molecule has 1 saturated heterocycles. The van der Waals surface area contributed by atoms with E-state index in [1.807, 2.05) is 17.9 Å². The van der Waals surface area contributed by atoms with Crippen molar-refractivity contribution < 1.29 is 9.90 Å². The van der Waals surface area contributed by atoms with E-state index in [1.165, 1.54) is 11.1 Å². The lowest BCUT2D eigenvalue weighted by molar-refractivity contribution is -0.131. The molecule has 2 fully saturated rings. The molecule has 3 rings (SSSR count). The maximum atomic E-state index is 12.5. The summed E-state index contributed by atoms with van der Waals surface area (Å²) >= 11 is 0. The molecule has 1 saturated carbocycles. The van der Waals surface area contributed by atoms with Crippen molar-refractivity contribution in [3.63, 3.8) is 0 Å². The number of aryl methyl sites for hydroxylation is 1. The molecule has 0 radical (unpaired) electrons. The summed E-state index contributed by atoms with van der Waals surface area (Å²) in [6.45, 7) is 5.49. The van der Waals surface area contributed by atoms with Gasteiger partial charge in [0.1, 0.15) is 0 Å². The number of carbonyl (C=O) groups is 1. The summed E-state index contributed by atoms with van der Waals surface area (Å²) in [6.07, 6.45) is 1.61. The minimum atomic E-state index is -0.306. The van der Waals surface area contributed by atoms with Gasteiger partial charge in [0.25, 0.3) is 0 Å². The van der Waals surface area contributed by atoms with Gasteiger partial charge in [0.05, 0.1) is 6.10 Å². The first-order chi connectivity index (χ1) is 9.58. The molecule has 1 heterocycles. The summed E-state index contributed by atoms with van der Waals surface area (Å²) in [5, 5.41) is 9.63. The van der Waals surface area contributed by atoms with Crippen LogP contribution in [-0.4, -0.2) is 35.1 Å². The van der Waals surface area contributed by atoms with E-state index in [0.29, 0.717) is 11.8 Å². The van der Waals surface area contributed by atoms with Gasteiger partial charge in [0, 0.05) is 24.9 Å². The predicted molar refractivity (Wildman–Crippen MR) is 78.4 cm³/mol. The average molecular weight is 273 g/mol. The van der Waals surface area contributed by atoms with Gasteiger partial charge in [0.2, 0.25) is 5.91 Å². The zero-order valence-corrected chi connectivity index (χ0v) is 12.2. The molecule has 20 heavy (non-hydrogen) atoms. The van der Waals surface area contributed by atoms with E-state index < -0.39 is 0 Å². The summed E-state index contributed by atoms with van der Waals surface area (Å²) in [5.41, 5.74) is 2.62. The van der Waals surface area contributed by atoms with Gasteiger partial charge in [-0.2, -0.15) is 0 Å². The standard InChI is InChI=1S/C17H23NO2/c1-11-5-3-4-6-14(11)15-9-16(15)17(20)18-8-7-13(10-18)12(2)19/h3-6,12-13,15-16,19H,7-10H2,1-2H3. The van der Waals surface area contributed by atoms with Gasteiger partial charge in [-0.3, -0.25) is 4.79 Å². The fourth-order valence-electron chi connectivity index (χ4n) is 3.43. The van der Waals surface area contributed by atoms with Gasteiger partial charge in [-0.05, 0) is 43.7 Å². The van der Waals surface area contributed by atoms with Crippen LogP contribution >= 0.6 is 0 Å².